The molecule has 2 unspecified atom stereocenters. The van der Waals surface area contributed by atoms with Crippen LogP contribution in [0.15, 0.2) is 29.3 Å². The Morgan fingerprint density at radius 2 is 2.04 bits per heavy atom. The molecule has 152 valence electrons. The minimum Gasteiger partial charge on any atom is -0.491 e. The molecule has 0 aromatic heterocycles. The summed E-state index contributed by atoms with van der Waals surface area (Å²) in [4.78, 5) is 7.02. The van der Waals surface area contributed by atoms with Gasteiger partial charge in [0.1, 0.15) is 12.4 Å². The maximum absolute atomic E-state index is 5.98. The quantitative estimate of drug-likeness (QED) is 0.268. The van der Waals surface area contributed by atoms with Gasteiger partial charge in [0.2, 0.25) is 0 Å². The van der Waals surface area contributed by atoms with Gasteiger partial charge in [0.25, 0.3) is 0 Å². The molecule has 2 aliphatic rings. The van der Waals surface area contributed by atoms with Crippen LogP contribution in [0.2, 0.25) is 0 Å². The van der Waals surface area contributed by atoms with Crippen LogP contribution in [0.5, 0.6) is 5.75 Å². The van der Waals surface area contributed by atoms with Gasteiger partial charge in [-0.15, -0.1) is 24.0 Å². The Balaban J connectivity index is 0.00000261. The van der Waals surface area contributed by atoms with E-state index >= 15 is 0 Å². The van der Waals surface area contributed by atoms with Gasteiger partial charge in [-0.25, -0.2) is 0 Å². The van der Waals surface area contributed by atoms with Gasteiger partial charge < -0.3 is 15.4 Å². The first kappa shape index (κ1) is 22.3. The van der Waals surface area contributed by atoms with Gasteiger partial charge in [0.05, 0.1) is 6.54 Å². The van der Waals surface area contributed by atoms with Crippen molar-refractivity contribution in [3.8, 4) is 5.75 Å². The molecule has 1 aliphatic heterocycles. The number of likely N-dealkylation sites (tertiary alicyclic amines) is 1. The van der Waals surface area contributed by atoms with E-state index in [4.69, 9.17) is 4.74 Å². The maximum atomic E-state index is 5.98. The van der Waals surface area contributed by atoms with E-state index < -0.39 is 0 Å². The third kappa shape index (κ3) is 6.24. The van der Waals surface area contributed by atoms with Gasteiger partial charge in [0, 0.05) is 31.7 Å². The Morgan fingerprint density at radius 1 is 1.30 bits per heavy atom. The number of para-hydroxylation sites is 1. The summed E-state index contributed by atoms with van der Waals surface area (Å²) in [5.74, 6) is 2.32. The van der Waals surface area contributed by atoms with E-state index in [1.165, 1.54) is 24.8 Å². The predicted octanol–water partition coefficient (Wildman–Crippen LogP) is 3.60. The molecule has 27 heavy (non-hydrogen) atoms. The summed E-state index contributed by atoms with van der Waals surface area (Å²) in [6.07, 6.45) is 3.94. The van der Waals surface area contributed by atoms with E-state index in [0.29, 0.717) is 24.6 Å². The maximum Gasteiger partial charge on any atom is 0.191 e. The number of aliphatic imine (C=N–C) groups is 1. The lowest BCUT2D eigenvalue weighted by molar-refractivity contribution is 0.256. The lowest BCUT2D eigenvalue weighted by atomic mass is 10.0. The van der Waals surface area contributed by atoms with Gasteiger partial charge >= 0.3 is 0 Å². The monoisotopic (exact) mass is 486 g/mol. The third-order valence-corrected chi connectivity index (χ3v) is 5.40. The Labute approximate surface area is 181 Å². The summed E-state index contributed by atoms with van der Waals surface area (Å²) in [7, 11) is 1.83. The number of ether oxygens (including phenoxy) is 1. The van der Waals surface area contributed by atoms with Crippen LogP contribution < -0.4 is 15.4 Å². The SMILES string of the molecule is CN=C(NCCOc1ccccc1C(C)C)NC1CC(C)N(C2CC2)C1.I. The van der Waals surface area contributed by atoms with Crippen LogP contribution in [0.25, 0.3) is 0 Å². The fraction of sp³-hybridized carbons (Fsp3) is 0.667. The highest BCUT2D eigenvalue weighted by molar-refractivity contribution is 14.0. The second kappa shape index (κ2) is 10.5. The Kier molecular flexibility index (Phi) is 8.66. The summed E-state index contributed by atoms with van der Waals surface area (Å²) in [6, 6.07) is 10.3. The number of hydrogen-bond acceptors (Lipinski definition) is 3. The standard InChI is InChI=1S/C21H34N4O.HI/c1-15(2)19-7-5-6-8-20(19)26-12-11-23-21(22-4)24-17-13-16(3)25(14-17)18-9-10-18;/h5-8,15-18H,9-14H2,1-4H3,(H2,22,23,24);1H. The molecular weight excluding hydrogens is 451 g/mol. The summed E-state index contributed by atoms with van der Waals surface area (Å²) in [5, 5.41) is 6.96. The molecular formula is C21H35IN4O. The van der Waals surface area contributed by atoms with Crippen LogP contribution in [0, 0.1) is 0 Å². The van der Waals surface area contributed by atoms with Crippen molar-refractivity contribution < 1.29 is 4.74 Å². The molecule has 0 spiro atoms. The summed E-state index contributed by atoms with van der Waals surface area (Å²) >= 11 is 0. The lowest BCUT2D eigenvalue weighted by Gasteiger charge is -2.20. The van der Waals surface area contributed by atoms with Crippen LogP contribution in [-0.2, 0) is 0 Å². The third-order valence-electron chi connectivity index (χ3n) is 5.40. The zero-order valence-electron chi connectivity index (χ0n) is 17.1. The number of nitrogens with zero attached hydrogens (tertiary/aromatic N) is 2. The van der Waals surface area contributed by atoms with Crippen LogP contribution in [0.3, 0.4) is 0 Å². The Bertz CT molecular complexity index is 618. The highest BCUT2D eigenvalue weighted by Gasteiger charge is 2.38. The molecule has 1 aliphatic carbocycles. The Morgan fingerprint density at radius 3 is 2.70 bits per heavy atom. The molecule has 3 rings (SSSR count). The molecule has 0 radical (unpaired) electrons. The van der Waals surface area contributed by atoms with Crippen LogP contribution in [-0.4, -0.2) is 55.7 Å². The smallest absolute Gasteiger partial charge is 0.191 e. The molecule has 0 amide bonds. The van der Waals surface area contributed by atoms with Crippen LogP contribution >= 0.6 is 24.0 Å². The second-order valence-corrected chi connectivity index (χ2v) is 7.89. The van der Waals surface area contributed by atoms with E-state index in [1.54, 1.807) is 0 Å². The predicted molar refractivity (Wildman–Crippen MR) is 124 cm³/mol. The first-order chi connectivity index (χ1) is 12.6. The topological polar surface area (TPSA) is 48.9 Å². The fourth-order valence-electron chi connectivity index (χ4n) is 3.88. The number of hydrogen-bond donors (Lipinski definition) is 2. The molecule has 1 aromatic rings. The number of benzene rings is 1. The fourth-order valence-corrected chi connectivity index (χ4v) is 3.88. The van der Waals surface area contributed by atoms with Gasteiger partial charge in [0.15, 0.2) is 5.96 Å². The lowest BCUT2D eigenvalue weighted by Crippen LogP contribution is -2.45. The van der Waals surface area contributed by atoms with Crippen molar-refractivity contribution in [2.45, 2.75) is 64.1 Å². The van der Waals surface area contributed by atoms with Crippen molar-refractivity contribution in [3.63, 3.8) is 0 Å². The van der Waals surface area contributed by atoms with Crippen molar-refractivity contribution >= 4 is 29.9 Å². The Hall–Kier alpha value is -1.02. The molecule has 1 aromatic carbocycles. The molecule has 6 heteroatoms. The van der Waals surface area contributed by atoms with E-state index in [1.807, 2.05) is 13.1 Å². The minimum atomic E-state index is 0. The highest BCUT2D eigenvalue weighted by Crippen LogP contribution is 2.33. The first-order valence-electron chi connectivity index (χ1n) is 10.0. The van der Waals surface area contributed by atoms with Gasteiger partial charge in [-0.1, -0.05) is 32.0 Å². The van der Waals surface area contributed by atoms with E-state index in [2.05, 4.69) is 59.5 Å². The number of nitrogens with one attached hydrogen (secondary N) is 2. The summed E-state index contributed by atoms with van der Waals surface area (Å²) in [6.45, 7) is 9.22. The minimum absolute atomic E-state index is 0. The molecule has 1 heterocycles. The van der Waals surface area contributed by atoms with Crippen molar-refractivity contribution in [1.29, 1.82) is 0 Å². The molecule has 2 fully saturated rings. The zero-order valence-corrected chi connectivity index (χ0v) is 19.4. The van der Waals surface area contributed by atoms with Crippen molar-refractivity contribution in [3.05, 3.63) is 29.8 Å². The number of rotatable bonds is 7. The molecule has 2 atom stereocenters. The second-order valence-electron chi connectivity index (χ2n) is 7.89. The molecule has 1 saturated heterocycles. The number of guanidine groups is 1. The van der Waals surface area contributed by atoms with Gasteiger partial charge in [-0.3, -0.25) is 9.89 Å². The molecule has 2 N–H and O–H groups in total. The molecule has 5 nitrogen and oxygen atoms in total. The molecule has 1 saturated carbocycles. The average Bonchev–Trinajstić information content (AvgIpc) is 3.41. The highest BCUT2D eigenvalue weighted by atomic mass is 127. The van der Waals surface area contributed by atoms with Crippen LogP contribution in [0.1, 0.15) is 51.5 Å². The molecule has 0 bridgehead atoms. The normalized spacial score (nSPS) is 23.2. The summed E-state index contributed by atoms with van der Waals surface area (Å²) < 4.78 is 5.98. The first-order valence-corrected chi connectivity index (χ1v) is 10.0. The van der Waals surface area contributed by atoms with Gasteiger partial charge in [-0.2, -0.15) is 0 Å². The van der Waals surface area contributed by atoms with E-state index in [0.717, 1.165) is 30.8 Å². The largest absolute Gasteiger partial charge is 0.491 e. The van der Waals surface area contributed by atoms with Crippen molar-refractivity contribution in [2.24, 2.45) is 4.99 Å². The van der Waals surface area contributed by atoms with E-state index in [9.17, 15) is 0 Å². The average molecular weight is 486 g/mol. The van der Waals surface area contributed by atoms with Crippen molar-refractivity contribution in [2.75, 3.05) is 26.7 Å². The summed E-state index contributed by atoms with van der Waals surface area (Å²) in [5.41, 5.74) is 1.26. The van der Waals surface area contributed by atoms with E-state index in [-0.39, 0.29) is 24.0 Å². The van der Waals surface area contributed by atoms with Crippen LogP contribution in [0.4, 0.5) is 0 Å². The zero-order chi connectivity index (χ0) is 18.5. The van der Waals surface area contributed by atoms with Crippen molar-refractivity contribution in [1.82, 2.24) is 15.5 Å². The van der Waals surface area contributed by atoms with Gasteiger partial charge in [-0.05, 0) is 43.7 Å². The number of halogens is 1.